The molecule has 1 saturated carbocycles. The first-order chi connectivity index (χ1) is 7.81. The lowest BCUT2D eigenvalue weighted by Gasteiger charge is -2.17. The van der Waals surface area contributed by atoms with Crippen molar-refractivity contribution in [3.63, 3.8) is 0 Å². The fraction of sp³-hybridized carbons (Fsp3) is 0.615. The Morgan fingerprint density at radius 2 is 2.38 bits per heavy atom. The number of hydrogen-bond donors (Lipinski definition) is 2. The molecule has 3 heteroatoms. The second kappa shape index (κ2) is 5.41. The molecular weight excluding hydrogens is 200 g/mol. The fourth-order valence-corrected chi connectivity index (χ4v) is 2.09. The van der Waals surface area contributed by atoms with Gasteiger partial charge in [-0.1, -0.05) is 6.07 Å². The van der Waals surface area contributed by atoms with Crippen molar-refractivity contribution >= 4 is 0 Å². The third-order valence-corrected chi connectivity index (χ3v) is 3.30. The monoisotopic (exact) mass is 220 g/mol. The molecule has 0 spiro atoms. The van der Waals surface area contributed by atoms with E-state index in [1.54, 1.807) is 0 Å². The van der Waals surface area contributed by atoms with Crippen LogP contribution >= 0.6 is 0 Å². The minimum absolute atomic E-state index is 0.278. The standard InChI is InChI=1S/C13H20N2O/c1-10-12(3-2-7-14-10)9-15-13(6-8-16)11-4-5-11/h2-3,7,11,13,15-16H,4-6,8-9H2,1H3. The minimum atomic E-state index is 0.278. The van der Waals surface area contributed by atoms with Gasteiger partial charge >= 0.3 is 0 Å². The van der Waals surface area contributed by atoms with Gasteiger partial charge in [0.15, 0.2) is 0 Å². The normalized spacial score (nSPS) is 17.4. The quantitative estimate of drug-likeness (QED) is 0.766. The maximum absolute atomic E-state index is 9.01. The van der Waals surface area contributed by atoms with Gasteiger partial charge in [-0.3, -0.25) is 4.98 Å². The van der Waals surface area contributed by atoms with Crippen LogP contribution in [0.4, 0.5) is 0 Å². The van der Waals surface area contributed by atoms with Gasteiger partial charge in [0.2, 0.25) is 0 Å². The molecule has 0 saturated heterocycles. The average molecular weight is 220 g/mol. The Hall–Kier alpha value is -0.930. The van der Waals surface area contributed by atoms with Crippen LogP contribution in [-0.2, 0) is 6.54 Å². The Morgan fingerprint density at radius 1 is 1.56 bits per heavy atom. The fourth-order valence-electron chi connectivity index (χ4n) is 2.09. The van der Waals surface area contributed by atoms with E-state index >= 15 is 0 Å². The molecule has 1 heterocycles. The highest BCUT2D eigenvalue weighted by atomic mass is 16.3. The Morgan fingerprint density at radius 3 is 3.00 bits per heavy atom. The first-order valence-corrected chi connectivity index (χ1v) is 6.06. The number of nitrogens with zero attached hydrogens (tertiary/aromatic N) is 1. The van der Waals surface area contributed by atoms with Crippen LogP contribution in [0.2, 0.25) is 0 Å². The van der Waals surface area contributed by atoms with Crippen LogP contribution in [0.25, 0.3) is 0 Å². The van der Waals surface area contributed by atoms with Crippen LogP contribution < -0.4 is 5.32 Å². The number of rotatable bonds is 6. The van der Waals surface area contributed by atoms with E-state index in [-0.39, 0.29) is 6.61 Å². The summed E-state index contributed by atoms with van der Waals surface area (Å²) in [6.07, 6.45) is 5.31. The largest absolute Gasteiger partial charge is 0.396 e. The third-order valence-electron chi connectivity index (χ3n) is 3.30. The summed E-state index contributed by atoms with van der Waals surface area (Å²) in [6, 6.07) is 4.56. The van der Waals surface area contributed by atoms with Crippen LogP contribution in [0.5, 0.6) is 0 Å². The SMILES string of the molecule is Cc1ncccc1CNC(CCO)C1CC1. The summed E-state index contributed by atoms with van der Waals surface area (Å²) in [7, 11) is 0. The molecule has 1 aliphatic rings. The van der Waals surface area contributed by atoms with Gasteiger partial charge < -0.3 is 10.4 Å². The average Bonchev–Trinajstić information content (AvgIpc) is 3.10. The van der Waals surface area contributed by atoms with Crippen molar-refractivity contribution in [2.75, 3.05) is 6.61 Å². The lowest BCUT2D eigenvalue weighted by atomic mass is 10.1. The molecule has 1 aromatic heterocycles. The van der Waals surface area contributed by atoms with Gasteiger partial charge in [-0.25, -0.2) is 0 Å². The predicted molar refractivity (Wildman–Crippen MR) is 64.0 cm³/mol. The van der Waals surface area contributed by atoms with E-state index in [0.29, 0.717) is 6.04 Å². The van der Waals surface area contributed by atoms with Gasteiger partial charge in [-0.2, -0.15) is 0 Å². The summed E-state index contributed by atoms with van der Waals surface area (Å²) in [5, 5.41) is 12.6. The maximum atomic E-state index is 9.01. The van der Waals surface area contributed by atoms with Crippen molar-refractivity contribution in [3.05, 3.63) is 29.6 Å². The molecule has 0 amide bonds. The first-order valence-electron chi connectivity index (χ1n) is 6.06. The molecule has 1 fully saturated rings. The van der Waals surface area contributed by atoms with Gasteiger partial charge in [-0.05, 0) is 43.7 Å². The Kier molecular flexibility index (Phi) is 3.91. The van der Waals surface area contributed by atoms with Gasteiger partial charge in [0.1, 0.15) is 0 Å². The third kappa shape index (κ3) is 3.03. The Balaban J connectivity index is 1.87. The molecule has 2 N–H and O–H groups in total. The summed E-state index contributed by atoms with van der Waals surface area (Å²) in [5.41, 5.74) is 2.35. The molecule has 1 atom stereocenters. The van der Waals surface area contributed by atoms with Crippen molar-refractivity contribution < 1.29 is 5.11 Å². The number of aliphatic hydroxyl groups excluding tert-OH is 1. The molecule has 0 aliphatic heterocycles. The van der Waals surface area contributed by atoms with Gasteiger partial charge in [-0.15, -0.1) is 0 Å². The summed E-state index contributed by atoms with van der Waals surface area (Å²) < 4.78 is 0. The van der Waals surface area contributed by atoms with Crippen molar-refractivity contribution in [1.82, 2.24) is 10.3 Å². The number of aryl methyl sites for hydroxylation is 1. The summed E-state index contributed by atoms with van der Waals surface area (Å²) in [4.78, 5) is 4.27. The first kappa shape index (κ1) is 11.6. The van der Waals surface area contributed by atoms with Crippen molar-refractivity contribution in [1.29, 1.82) is 0 Å². The summed E-state index contributed by atoms with van der Waals surface area (Å²) >= 11 is 0. The summed E-state index contributed by atoms with van der Waals surface area (Å²) in [6.45, 7) is 3.18. The molecule has 3 nitrogen and oxygen atoms in total. The van der Waals surface area contributed by atoms with Crippen molar-refractivity contribution in [2.45, 2.75) is 38.8 Å². The van der Waals surface area contributed by atoms with Gasteiger partial charge in [0.25, 0.3) is 0 Å². The van der Waals surface area contributed by atoms with E-state index < -0.39 is 0 Å². The van der Waals surface area contributed by atoms with E-state index in [4.69, 9.17) is 5.11 Å². The molecule has 1 aliphatic carbocycles. The number of aliphatic hydroxyl groups is 1. The van der Waals surface area contributed by atoms with Crippen molar-refractivity contribution in [2.24, 2.45) is 5.92 Å². The zero-order chi connectivity index (χ0) is 11.4. The molecule has 0 radical (unpaired) electrons. The van der Waals surface area contributed by atoms with E-state index in [2.05, 4.69) is 16.4 Å². The minimum Gasteiger partial charge on any atom is -0.396 e. The number of pyridine rings is 1. The van der Waals surface area contributed by atoms with Crippen LogP contribution in [-0.4, -0.2) is 22.7 Å². The number of hydrogen-bond acceptors (Lipinski definition) is 3. The summed E-state index contributed by atoms with van der Waals surface area (Å²) in [5.74, 6) is 0.782. The zero-order valence-corrected chi connectivity index (χ0v) is 9.82. The zero-order valence-electron chi connectivity index (χ0n) is 9.82. The highest BCUT2D eigenvalue weighted by molar-refractivity contribution is 5.18. The molecular formula is C13H20N2O. The van der Waals surface area contributed by atoms with E-state index in [1.165, 1.54) is 18.4 Å². The molecule has 1 unspecified atom stereocenters. The molecule has 0 bridgehead atoms. The molecule has 88 valence electrons. The van der Waals surface area contributed by atoms with Gasteiger partial charge in [0, 0.05) is 31.1 Å². The van der Waals surface area contributed by atoms with Crippen LogP contribution in [0.15, 0.2) is 18.3 Å². The molecule has 1 aromatic rings. The lowest BCUT2D eigenvalue weighted by Crippen LogP contribution is -2.31. The predicted octanol–water partition coefficient (Wildman–Crippen LogP) is 1.64. The lowest BCUT2D eigenvalue weighted by molar-refractivity contribution is 0.255. The van der Waals surface area contributed by atoms with Crippen molar-refractivity contribution in [3.8, 4) is 0 Å². The molecule has 16 heavy (non-hydrogen) atoms. The topological polar surface area (TPSA) is 45.2 Å². The van der Waals surface area contributed by atoms with Gasteiger partial charge in [0.05, 0.1) is 0 Å². The second-order valence-corrected chi connectivity index (χ2v) is 4.59. The van der Waals surface area contributed by atoms with E-state index in [0.717, 1.165) is 24.6 Å². The van der Waals surface area contributed by atoms with E-state index in [9.17, 15) is 0 Å². The molecule has 2 rings (SSSR count). The Labute approximate surface area is 96.9 Å². The molecule has 0 aromatic carbocycles. The Bertz CT molecular complexity index is 336. The number of nitrogens with one attached hydrogen (secondary N) is 1. The number of aromatic nitrogens is 1. The smallest absolute Gasteiger partial charge is 0.0445 e. The highest BCUT2D eigenvalue weighted by Gasteiger charge is 2.30. The van der Waals surface area contributed by atoms with Crippen LogP contribution in [0, 0.1) is 12.8 Å². The maximum Gasteiger partial charge on any atom is 0.0445 e. The van der Waals surface area contributed by atoms with Crippen LogP contribution in [0.1, 0.15) is 30.5 Å². The van der Waals surface area contributed by atoms with Crippen LogP contribution in [0.3, 0.4) is 0 Å². The highest BCUT2D eigenvalue weighted by Crippen LogP contribution is 2.34. The second-order valence-electron chi connectivity index (χ2n) is 4.59. The van der Waals surface area contributed by atoms with E-state index in [1.807, 2.05) is 19.2 Å².